The highest BCUT2D eigenvalue weighted by Crippen LogP contribution is 2.11. The molecule has 2 heterocycles. The van der Waals surface area contributed by atoms with Crippen molar-refractivity contribution in [3.63, 3.8) is 0 Å². The third kappa shape index (κ3) is 3.15. The van der Waals surface area contributed by atoms with Crippen molar-refractivity contribution in [2.75, 3.05) is 5.32 Å². The van der Waals surface area contributed by atoms with Crippen LogP contribution in [0.25, 0.3) is 0 Å². The summed E-state index contributed by atoms with van der Waals surface area (Å²) in [5.41, 5.74) is 0.231. The van der Waals surface area contributed by atoms with Gasteiger partial charge in [0.1, 0.15) is 16.7 Å². The third-order valence-electron chi connectivity index (χ3n) is 1.92. The molecule has 0 spiro atoms. The second-order valence-corrected chi connectivity index (χ2v) is 3.99. The Morgan fingerprint density at radius 2 is 2.00 bits per heavy atom. The van der Waals surface area contributed by atoms with Gasteiger partial charge in [-0.3, -0.25) is 4.79 Å². The van der Waals surface area contributed by atoms with E-state index in [1.165, 1.54) is 6.20 Å². The number of amides is 1. The van der Waals surface area contributed by atoms with E-state index < -0.39 is 0 Å². The number of nitrogens with zero attached hydrogens (tertiary/aromatic N) is 2. The SMILES string of the molecule is O=C(Nc1ccc(Cl)cn1)c1cccc(Cl)n1. The molecule has 0 aliphatic carbocycles. The van der Waals surface area contributed by atoms with E-state index in [1.54, 1.807) is 30.3 Å². The van der Waals surface area contributed by atoms with Crippen LogP contribution in [0.2, 0.25) is 10.2 Å². The predicted molar refractivity (Wildman–Crippen MR) is 66.4 cm³/mol. The summed E-state index contributed by atoms with van der Waals surface area (Å²) in [7, 11) is 0. The van der Waals surface area contributed by atoms with Crippen LogP contribution in [0, 0.1) is 0 Å². The maximum absolute atomic E-state index is 11.7. The minimum Gasteiger partial charge on any atom is -0.305 e. The van der Waals surface area contributed by atoms with Gasteiger partial charge in [0.25, 0.3) is 5.91 Å². The molecule has 2 rings (SSSR count). The summed E-state index contributed by atoms with van der Waals surface area (Å²) in [6.07, 6.45) is 1.45. The standard InChI is InChI=1S/C11H7Cl2N3O/c12-7-4-5-10(14-6-7)16-11(17)8-2-1-3-9(13)15-8/h1-6H,(H,14,16,17). The van der Waals surface area contributed by atoms with Gasteiger partial charge in [-0.2, -0.15) is 0 Å². The number of hydrogen-bond acceptors (Lipinski definition) is 3. The molecule has 0 saturated heterocycles. The lowest BCUT2D eigenvalue weighted by atomic mass is 10.3. The molecule has 0 radical (unpaired) electrons. The number of rotatable bonds is 2. The monoisotopic (exact) mass is 267 g/mol. The Bertz CT molecular complexity index is 543. The second-order valence-electron chi connectivity index (χ2n) is 3.16. The van der Waals surface area contributed by atoms with Gasteiger partial charge < -0.3 is 5.32 Å². The van der Waals surface area contributed by atoms with Crippen LogP contribution in [0.15, 0.2) is 36.5 Å². The molecule has 0 unspecified atom stereocenters. The molecule has 86 valence electrons. The Balaban J connectivity index is 2.14. The number of aromatic nitrogens is 2. The van der Waals surface area contributed by atoms with Crippen molar-refractivity contribution in [1.82, 2.24) is 9.97 Å². The molecule has 0 fully saturated rings. The molecule has 1 amide bonds. The molecule has 0 aromatic carbocycles. The van der Waals surface area contributed by atoms with Crippen LogP contribution < -0.4 is 5.32 Å². The number of nitrogens with one attached hydrogen (secondary N) is 1. The third-order valence-corrected chi connectivity index (χ3v) is 2.35. The maximum Gasteiger partial charge on any atom is 0.275 e. The molecule has 0 saturated carbocycles. The Morgan fingerprint density at radius 3 is 2.65 bits per heavy atom. The lowest BCUT2D eigenvalue weighted by molar-refractivity contribution is 0.102. The number of pyridine rings is 2. The molecule has 0 aliphatic rings. The number of carbonyl (C=O) groups is 1. The van der Waals surface area contributed by atoms with Gasteiger partial charge in [-0.1, -0.05) is 29.3 Å². The van der Waals surface area contributed by atoms with Gasteiger partial charge in [0.15, 0.2) is 0 Å². The zero-order valence-corrected chi connectivity index (χ0v) is 10.0. The van der Waals surface area contributed by atoms with E-state index in [0.29, 0.717) is 10.8 Å². The minimum absolute atomic E-state index is 0.231. The first-order valence-electron chi connectivity index (χ1n) is 4.70. The summed E-state index contributed by atoms with van der Waals surface area (Å²) in [5, 5.41) is 3.35. The predicted octanol–water partition coefficient (Wildman–Crippen LogP) is 3.04. The van der Waals surface area contributed by atoms with Crippen LogP contribution in [-0.2, 0) is 0 Å². The zero-order valence-electron chi connectivity index (χ0n) is 8.52. The first-order valence-corrected chi connectivity index (χ1v) is 5.46. The average molecular weight is 268 g/mol. The number of anilines is 1. The summed E-state index contributed by atoms with van der Waals surface area (Å²) >= 11 is 11.4. The maximum atomic E-state index is 11.7. The highest BCUT2D eigenvalue weighted by molar-refractivity contribution is 6.30. The summed E-state index contributed by atoms with van der Waals surface area (Å²) in [4.78, 5) is 19.6. The summed E-state index contributed by atoms with van der Waals surface area (Å²) < 4.78 is 0. The van der Waals surface area contributed by atoms with Crippen LogP contribution in [0.1, 0.15) is 10.5 Å². The molecular weight excluding hydrogens is 261 g/mol. The number of halogens is 2. The van der Waals surface area contributed by atoms with E-state index >= 15 is 0 Å². The number of carbonyl (C=O) groups excluding carboxylic acids is 1. The van der Waals surface area contributed by atoms with Crippen LogP contribution in [0.3, 0.4) is 0 Å². The average Bonchev–Trinajstić information content (AvgIpc) is 2.32. The second kappa shape index (κ2) is 5.12. The van der Waals surface area contributed by atoms with Crippen LogP contribution in [-0.4, -0.2) is 15.9 Å². The van der Waals surface area contributed by atoms with Crippen LogP contribution in [0.5, 0.6) is 0 Å². The van der Waals surface area contributed by atoms with Gasteiger partial charge in [-0.25, -0.2) is 9.97 Å². The summed E-state index contributed by atoms with van der Waals surface area (Å²) in [6, 6.07) is 8.05. The minimum atomic E-state index is -0.373. The van der Waals surface area contributed by atoms with Crippen molar-refractivity contribution in [3.05, 3.63) is 52.4 Å². The Kier molecular flexibility index (Phi) is 3.56. The van der Waals surface area contributed by atoms with E-state index in [-0.39, 0.29) is 16.8 Å². The van der Waals surface area contributed by atoms with Gasteiger partial charge in [0, 0.05) is 6.20 Å². The molecule has 0 bridgehead atoms. The van der Waals surface area contributed by atoms with Crippen molar-refractivity contribution in [1.29, 1.82) is 0 Å². The van der Waals surface area contributed by atoms with Crippen molar-refractivity contribution in [2.45, 2.75) is 0 Å². The lowest BCUT2D eigenvalue weighted by Crippen LogP contribution is -2.14. The van der Waals surface area contributed by atoms with E-state index in [0.717, 1.165) is 0 Å². The Morgan fingerprint density at radius 1 is 1.18 bits per heavy atom. The summed E-state index contributed by atoms with van der Waals surface area (Å²) in [5.74, 6) is 0.0310. The normalized spacial score (nSPS) is 10.0. The van der Waals surface area contributed by atoms with Crippen molar-refractivity contribution < 1.29 is 4.79 Å². The lowest BCUT2D eigenvalue weighted by Gasteiger charge is -2.03. The van der Waals surface area contributed by atoms with E-state index in [9.17, 15) is 4.79 Å². The quantitative estimate of drug-likeness (QED) is 0.851. The topological polar surface area (TPSA) is 54.9 Å². The molecule has 0 atom stereocenters. The largest absolute Gasteiger partial charge is 0.305 e. The van der Waals surface area contributed by atoms with Gasteiger partial charge >= 0.3 is 0 Å². The first kappa shape index (κ1) is 11.8. The molecular formula is C11H7Cl2N3O. The van der Waals surface area contributed by atoms with Gasteiger partial charge in [0.05, 0.1) is 5.02 Å². The van der Waals surface area contributed by atoms with E-state index in [2.05, 4.69) is 15.3 Å². The Labute approximate surface area is 108 Å². The fourth-order valence-electron chi connectivity index (χ4n) is 1.16. The van der Waals surface area contributed by atoms with Crippen molar-refractivity contribution in [2.24, 2.45) is 0 Å². The molecule has 17 heavy (non-hydrogen) atoms. The molecule has 0 aliphatic heterocycles. The van der Waals surface area contributed by atoms with Crippen molar-refractivity contribution in [3.8, 4) is 0 Å². The van der Waals surface area contributed by atoms with Gasteiger partial charge in [-0.15, -0.1) is 0 Å². The van der Waals surface area contributed by atoms with E-state index in [4.69, 9.17) is 23.2 Å². The molecule has 2 aromatic rings. The van der Waals surface area contributed by atoms with Crippen molar-refractivity contribution >= 4 is 34.9 Å². The number of hydrogen-bond donors (Lipinski definition) is 1. The smallest absolute Gasteiger partial charge is 0.275 e. The zero-order chi connectivity index (χ0) is 12.3. The van der Waals surface area contributed by atoms with Crippen LogP contribution >= 0.6 is 23.2 Å². The molecule has 2 aromatic heterocycles. The first-order chi connectivity index (χ1) is 8.15. The fraction of sp³-hybridized carbons (Fsp3) is 0. The van der Waals surface area contributed by atoms with E-state index in [1.807, 2.05) is 0 Å². The molecule has 1 N–H and O–H groups in total. The van der Waals surface area contributed by atoms with Crippen LogP contribution in [0.4, 0.5) is 5.82 Å². The van der Waals surface area contributed by atoms with Gasteiger partial charge in [-0.05, 0) is 24.3 Å². The Hall–Kier alpha value is -1.65. The highest BCUT2D eigenvalue weighted by Gasteiger charge is 2.08. The fourth-order valence-corrected chi connectivity index (χ4v) is 1.44. The molecule has 4 nitrogen and oxygen atoms in total. The molecule has 6 heteroatoms. The van der Waals surface area contributed by atoms with Gasteiger partial charge in [0.2, 0.25) is 0 Å². The summed E-state index contributed by atoms with van der Waals surface area (Å²) in [6.45, 7) is 0. The highest BCUT2D eigenvalue weighted by atomic mass is 35.5.